The largest absolute Gasteiger partial charge is 0.423 e. The summed E-state index contributed by atoms with van der Waals surface area (Å²) in [5, 5.41) is 14.1. The van der Waals surface area contributed by atoms with Crippen molar-refractivity contribution in [2.24, 2.45) is 11.3 Å². The molecule has 0 saturated heterocycles. The number of hydrogen-bond acceptors (Lipinski definition) is 5. The monoisotopic (exact) mass is 275 g/mol. The predicted molar refractivity (Wildman–Crippen MR) is 75.7 cm³/mol. The highest BCUT2D eigenvalue weighted by Crippen LogP contribution is 2.51. The lowest BCUT2D eigenvalue weighted by molar-refractivity contribution is -0.383. The second-order valence-corrected chi connectivity index (χ2v) is 5.77. The maximum Gasteiger partial charge on any atom is 0.298 e. The molecule has 0 amide bonds. The van der Waals surface area contributed by atoms with Gasteiger partial charge in [0.25, 0.3) is 11.7 Å². The van der Waals surface area contributed by atoms with E-state index in [2.05, 4.69) is 24.1 Å². The van der Waals surface area contributed by atoms with Gasteiger partial charge in [-0.3, -0.25) is 10.1 Å². The van der Waals surface area contributed by atoms with Gasteiger partial charge < -0.3 is 9.73 Å². The number of hydrogen-bond donors (Lipinski definition) is 1. The zero-order chi connectivity index (χ0) is 14.3. The second-order valence-electron chi connectivity index (χ2n) is 5.77. The number of oxazole rings is 1. The van der Waals surface area contributed by atoms with Crippen LogP contribution in [0.2, 0.25) is 0 Å². The lowest BCUT2D eigenvalue weighted by Crippen LogP contribution is -2.20. The van der Waals surface area contributed by atoms with E-state index in [0.29, 0.717) is 28.4 Å². The number of nitro benzene ring substituents is 1. The number of rotatable bonds is 5. The molecule has 1 N–H and O–H groups in total. The third-order valence-electron chi connectivity index (χ3n) is 4.30. The minimum atomic E-state index is -0.439. The summed E-state index contributed by atoms with van der Waals surface area (Å²) in [5.41, 5.74) is 1.04. The van der Waals surface area contributed by atoms with E-state index in [0.717, 1.165) is 6.54 Å². The Labute approximate surface area is 116 Å². The summed E-state index contributed by atoms with van der Waals surface area (Å²) >= 11 is 0. The summed E-state index contributed by atoms with van der Waals surface area (Å²) in [6, 6.07) is 5.09. The van der Waals surface area contributed by atoms with Crippen LogP contribution in [0, 0.1) is 21.4 Å². The molecule has 0 atom stereocenters. The number of nitrogens with zero attached hydrogens (tertiary/aromatic N) is 2. The SMILES string of the molecule is CC(C)C1(CNc2nc3c([N+](=O)[O-])cccc3o2)CC1. The average Bonchev–Trinajstić information content (AvgIpc) is 3.08. The fourth-order valence-electron chi connectivity index (χ4n) is 2.53. The molecule has 0 bridgehead atoms. The first-order chi connectivity index (χ1) is 9.52. The van der Waals surface area contributed by atoms with Crippen LogP contribution < -0.4 is 5.32 Å². The molecular weight excluding hydrogens is 258 g/mol. The first kappa shape index (κ1) is 12.9. The van der Waals surface area contributed by atoms with Gasteiger partial charge in [-0.2, -0.15) is 4.98 Å². The number of nitro groups is 1. The van der Waals surface area contributed by atoms with Crippen LogP contribution in [0.1, 0.15) is 26.7 Å². The van der Waals surface area contributed by atoms with Crippen molar-refractivity contribution in [2.75, 3.05) is 11.9 Å². The lowest BCUT2D eigenvalue weighted by atomic mass is 9.92. The number of benzene rings is 1. The fraction of sp³-hybridized carbons (Fsp3) is 0.500. The van der Waals surface area contributed by atoms with Crippen LogP contribution in [0.15, 0.2) is 22.6 Å². The lowest BCUT2D eigenvalue weighted by Gasteiger charge is -2.19. The van der Waals surface area contributed by atoms with Gasteiger partial charge in [-0.15, -0.1) is 0 Å². The molecule has 0 spiro atoms. The maximum atomic E-state index is 10.9. The smallest absolute Gasteiger partial charge is 0.298 e. The zero-order valence-electron chi connectivity index (χ0n) is 11.5. The summed E-state index contributed by atoms with van der Waals surface area (Å²) in [4.78, 5) is 14.7. The molecule has 20 heavy (non-hydrogen) atoms. The molecule has 1 saturated carbocycles. The Kier molecular flexibility index (Phi) is 2.88. The van der Waals surface area contributed by atoms with Crippen LogP contribution >= 0.6 is 0 Å². The normalized spacial score (nSPS) is 16.6. The number of aromatic nitrogens is 1. The van der Waals surface area contributed by atoms with Gasteiger partial charge in [0.1, 0.15) is 0 Å². The maximum absolute atomic E-state index is 10.9. The first-order valence-electron chi connectivity index (χ1n) is 6.80. The Balaban J connectivity index is 1.83. The van der Waals surface area contributed by atoms with Gasteiger partial charge in [-0.25, -0.2) is 0 Å². The number of nitrogens with one attached hydrogen (secondary N) is 1. The van der Waals surface area contributed by atoms with E-state index < -0.39 is 4.92 Å². The van der Waals surface area contributed by atoms with E-state index in [1.54, 1.807) is 12.1 Å². The summed E-state index contributed by atoms with van der Waals surface area (Å²) < 4.78 is 5.54. The van der Waals surface area contributed by atoms with Gasteiger partial charge in [0.2, 0.25) is 0 Å². The Morgan fingerprint density at radius 3 is 2.85 bits per heavy atom. The Morgan fingerprint density at radius 2 is 2.25 bits per heavy atom. The molecule has 0 unspecified atom stereocenters. The standard InChI is InChI=1S/C14H17N3O3/c1-9(2)14(6-7-14)8-15-13-16-12-10(17(18)19)4-3-5-11(12)20-13/h3-5,9H,6-8H2,1-2H3,(H,15,16). The Bertz CT molecular complexity index is 659. The third kappa shape index (κ3) is 2.11. The summed E-state index contributed by atoms with van der Waals surface area (Å²) in [5.74, 6) is 0.605. The topological polar surface area (TPSA) is 81.2 Å². The van der Waals surface area contributed by atoms with E-state index >= 15 is 0 Å². The molecule has 1 aromatic carbocycles. The molecular formula is C14H17N3O3. The van der Waals surface area contributed by atoms with Crippen LogP contribution in [0.4, 0.5) is 11.7 Å². The van der Waals surface area contributed by atoms with Crippen LogP contribution in [-0.4, -0.2) is 16.5 Å². The molecule has 1 aliphatic carbocycles. The number of non-ortho nitro benzene ring substituents is 1. The third-order valence-corrected chi connectivity index (χ3v) is 4.30. The second kappa shape index (κ2) is 4.47. The van der Waals surface area contributed by atoms with Crippen molar-refractivity contribution in [3.63, 3.8) is 0 Å². The van der Waals surface area contributed by atoms with Crippen molar-refractivity contribution >= 4 is 22.8 Å². The van der Waals surface area contributed by atoms with Gasteiger partial charge >= 0.3 is 0 Å². The average molecular weight is 275 g/mol. The highest BCUT2D eigenvalue weighted by Gasteiger charge is 2.45. The number of anilines is 1. The molecule has 1 heterocycles. The molecule has 1 aliphatic rings. The quantitative estimate of drug-likeness (QED) is 0.666. The van der Waals surface area contributed by atoms with E-state index in [9.17, 15) is 10.1 Å². The summed E-state index contributed by atoms with van der Waals surface area (Å²) in [7, 11) is 0. The van der Waals surface area contributed by atoms with Crippen molar-refractivity contribution in [1.29, 1.82) is 0 Å². The number of fused-ring (bicyclic) bond motifs is 1. The van der Waals surface area contributed by atoms with Gasteiger partial charge in [0.05, 0.1) is 4.92 Å². The Morgan fingerprint density at radius 1 is 1.50 bits per heavy atom. The minimum Gasteiger partial charge on any atom is -0.423 e. The van der Waals surface area contributed by atoms with Gasteiger partial charge in [0, 0.05) is 12.6 Å². The van der Waals surface area contributed by atoms with Crippen LogP contribution in [0.25, 0.3) is 11.1 Å². The first-order valence-corrected chi connectivity index (χ1v) is 6.80. The fourth-order valence-corrected chi connectivity index (χ4v) is 2.53. The van der Waals surface area contributed by atoms with Gasteiger partial charge in [-0.1, -0.05) is 19.9 Å². The minimum absolute atomic E-state index is 0.0238. The summed E-state index contributed by atoms with van der Waals surface area (Å²) in [6.45, 7) is 5.22. The van der Waals surface area contributed by atoms with Crippen molar-refractivity contribution in [3.8, 4) is 0 Å². The number of para-hydroxylation sites is 1. The highest BCUT2D eigenvalue weighted by molar-refractivity contribution is 5.83. The molecule has 6 heteroatoms. The Hall–Kier alpha value is -2.11. The van der Waals surface area contributed by atoms with Crippen LogP contribution in [-0.2, 0) is 0 Å². The van der Waals surface area contributed by atoms with Crippen molar-refractivity contribution < 1.29 is 9.34 Å². The molecule has 2 aromatic rings. The van der Waals surface area contributed by atoms with Crippen molar-refractivity contribution in [3.05, 3.63) is 28.3 Å². The van der Waals surface area contributed by atoms with Crippen molar-refractivity contribution in [1.82, 2.24) is 4.98 Å². The molecule has 106 valence electrons. The predicted octanol–water partition coefficient (Wildman–Crippen LogP) is 3.58. The van der Waals surface area contributed by atoms with Crippen LogP contribution in [0.3, 0.4) is 0 Å². The molecule has 3 rings (SSSR count). The molecule has 0 aliphatic heterocycles. The van der Waals surface area contributed by atoms with Crippen LogP contribution in [0.5, 0.6) is 0 Å². The molecule has 1 fully saturated rings. The van der Waals surface area contributed by atoms with E-state index in [-0.39, 0.29) is 5.69 Å². The highest BCUT2D eigenvalue weighted by atomic mass is 16.6. The van der Waals surface area contributed by atoms with Gasteiger partial charge in [-0.05, 0) is 30.2 Å². The van der Waals surface area contributed by atoms with Gasteiger partial charge in [0.15, 0.2) is 11.1 Å². The van der Waals surface area contributed by atoms with E-state index in [1.165, 1.54) is 18.9 Å². The summed E-state index contributed by atoms with van der Waals surface area (Å²) in [6.07, 6.45) is 2.41. The van der Waals surface area contributed by atoms with E-state index in [4.69, 9.17) is 4.42 Å². The molecule has 6 nitrogen and oxygen atoms in total. The van der Waals surface area contributed by atoms with Crippen molar-refractivity contribution in [2.45, 2.75) is 26.7 Å². The van der Waals surface area contributed by atoms with E-state index in [1.807, 2.05) is 0 Å². The zero-order valence-corrected chi connectivity index (χ0v) is 11.5. The molecule has 0 radical (unpaired) electrons. The molecule has 1 aromatic heterocycles.